The quantitative estimate of drug-likeness (QED) is 0.806. The maximum Gasteiger partial charge on any atom is 0.240 e. The summed E-state index contributed by atoms with van der Waals surface area (Å²) < 4.78 is 15.8. The molecule has 1 aromatic rings. The van der Waals surface area contributed by atoms with Crippen LogP contribution in [-0.2, 0) is 11.3 Å². The number of methoxy groups -OCH3 is 3. The van der Waals surface area contributed by atoms with E-state index in [1.807, 2.05) is 0 Å². The van der Waals surface area contributed by atoms with Crippen molar-refractivity contribution < 1.29 is 19.0 Å². The lowest BCUT2D eigenvalue weighted by Gasteiger charge is -2.16. The lowest BCUT2D eigenvalue weighted by atomic mass is 10.1. The van der Waals surface area contributed by atoms with Crippen molar-refractivity contribution in [2.75, 3.05) is 21.3 Å². The molecule has 6 nitrogen and oxygen atoms in total. The molecule has 0 spiro atoms. The van der Waals surface area contributed by atoms with Crippen molar-refractivity contribution in [3.63, 3.8) is 0 Å². The monoisotopic (exact) mass is 280 g/mol. The van der Waals surface area contributed by atoms with Crippen molar-refractivity contribution in [3.05, 3.63) is 17.7 Å². The number of ether oxygens (including phenoxy) is 3. The summed E-state index contributed by atoms with van der Waals surface area (Å²) in [6.07, 6.45) is 1.46. The summed E-state index contributed by atoms with van der Waals surface area (Å²) in [5.74, 6) is 1.69. The zero-order valence-corrected chi connectivity index (χ0v) is 12.0. The molecule has 0 radical (unpaired) electrons. The van der Waals surface area contributed by atoms with E-state index in [2.05, 4.69) is 5.32 Å². The molecule has 0 bridgehead atoms. The molecule has 110 valence electrons. The van der Waals surface area contributed by atoms with E-state index in [1.54, 1.807) is 33.5 Å². The molecule has 1 fully saturated rings. The van der Waals surface area contributed by atoms with Crippen LogP contribution in [0.5, 0.6) is 17.2 Å². The lowest BCUT2D eigenvalue weighted by molar-refractivity contribution is -0.123. The van der Waals surface area contributed by atoms with Gasteiger partial charge in [-0.2, -0.15) is 0 Å². The van der Waals surface area contributed by atoms with Crippen LogP contribution in [0, 0.1) is 0 Å². The molecule has 0 saturated heterocycles. The molecule has 0 heterocycles. The minimum atomic E-state index is -0.688. The summed E-state index contributed by atoms with van der Waals surface area (Å²) in [4.78, 5) is 11.9. The van der Waals surface area contributed by atoms with Gasteiger partial charge in [0.1, 0.15) is 17.2 Å². The van der Waals surface area contributed by atoms with Gasteiger partial charge >= 0.3 is 0 Å². The first-order valence-electron chi connectivity index (χ1n) is 6.40. The Kier molecular flexibility index (Phi) is 4.04. The smallest absolute Gasteiger partial charge is 0.240 e. The largest absolute Gasteiger partial charge is 0.496 e. The van der Waals surface area contributed by atoms with Crippen LogP contribution in [-0.4, -0.2) is 32.8 Å². The van der Waals surface area contributed by atoms with E-state index in [-0.39, 0.29) is 5.91 Å². The molecule has 1 aliphatic rings. The second-order valence-electron chi connectivity index (χ2n) is 4.85. The van der Waals surface area contributed by atoms with Crippen molar-refractivity contribution in [1.82, 2.24) is 5.32 Å². The Bertz CT molecular complexity index is 487. The molecule has 1 aliphatic carbocycles. The van der Waals surface area contributed by atoms with Crippen LogP contribution in [0.2, 0.25) is 0 Å². The SMILES string of the molecule is COc1cc(OC)c(CNC(=O)C2(N)CC2)c(OC)c1. The Morgan fingerprint density at radius 1 is 1.20 bits per heavy atom. The molecule has 1 aromatic carbocycles. The molecule has 0 atom stereocenters. The standard InChI is InChI=1S/C14H20N2O4/c1-18-9-6-11(19-2)10(12(7-9)20-3)8-16-13(17)14(15)4-5-14/h6-7H,4-5,8,15H2,1-3H3,(H,16,17). The zero-order valence-electron chi connectivity index (χ0n) is 12.0. The van der Waals surface area contributed by atoms with Gasteiger partial charge in [-0.3, -0.25) is 4.79 Å². The maximum absolute atomic E-state index is 11.9. The fraction of sp³-hybridized carbons (Fsp3) is 0.500. The first-order valence-corrected chi connectivity index (χ1v) is 6.40. The van der Waals surface area contributed by atoms with Gasteiger partial charge in [-0.1, -0.05) is 0 Å². The third-order valence-corrected chi connectivity index (χ3v) is 3.48. The summed E-state index contributed by atoms with van der Waals surface area (Å²) in [6, 6.07) is 3.50. The summed E-state index contributed by atoms with van der Waals surface area (Å²) in [5.41, 5.74) is 5.92. The van der Waals surface area contributed by atoms with Crippen molar-refractivity contribution in [2.24, 2.45) is 5.73 Å². The van der Waals surface area contributed by atoms with Crippen LogP contribution in [0.1, 0.15) is 18.4 Å². The van der Waals surface area contributed by atoms with E-state index in [1.165, 1.54) is 0 Å². The third-order valence-electron chi connectivity index (χ3n) is 3.48. The second kappa shape index (κ2) is 5.58. The van der Waals surface area contributed by atoms with Gasteiger partial charge < -0.3 is 25.3 Å². The van der Waals surface area contributed by atoms with E-state index < -0.39 is 5.54 Å². The molecular formula is C14H20N2O4. The molecule has 20 heavy (non-hydrogen) atoms. The summed E-state index contributed by atoms with van der Waals surface area (Å²) in [7, 11) is 4.69. The molecule has 0 aromatic heterocycles. The van der Waals surface area contributed by atoms with Crippen molar-refractivity contribution >= 4 is 5.91 Å². The number of carbonyl (C=O) groups excluding carboxylic acids is 1. The fourth-order valence-electron chi connectivity index (χ4n) is 1.96. The number of nitrogens with one attached hydrogen (secondary N) is 1. The molecule has 0 unspecified atom stereocenters. The van der Waals surface area contributed by atoms with Crippen molar-refractivity contribution in [3.8, 4) is 17.2 Å². The zero-order chi connectivity index (χ0) is 14.8. The van der Waals surface area contributed by atoms with Gasteiger partial charge in [-0.15, -0.1) is 0 Å². The van der Waals surface area contributed by atoms with Gasteiger partial charge in [-0.05, 0) is 12.8 Å². The van der Waals surface area contributed by atoms with E-state index in [4.69, 9.17) is 19.9 Å². The normalized spacial score (nSPS) is 15.4. The van der Waals surface area contributed by atoms with Gasteiger partial charge in [-0.25, -0.2) is 0 Å². The summed E-state index contributed by atoms with van der Waals surface area (Å²) in [6.45, 7) is 0.300. The van der Waals surface area contributed by atoms with Crippen molar-refractivity contribution in [2.45, 2.75) is 24.9 Å². The number of hydrogen-bond donors (Lipinski definition) is 2. The van der Waals surface area contributed by atoms with E-state index >= 15 is 0 Å². The number of amides is 1. The summed E-state index contributed by atoms with van der Waals surface area (Å²) in [5, 5.41) is 2.82. The van der Waals surface area contributed by atoms with Crippen LogP contribution >= 0.6 is 0 Å². The molecule has 1 saturated carbocycles. The second-order valence-corrected chi connectivity index (χ2v) is 4.85. The van der Waals surface area contributed by atoms with Gasteiger partial charge in [0.25, 0.3) is 0 Å². The van der Waals surface area contributed by atoms with Gasteiger partial charge in [0.05, 0.1) is 39.0 Å². The molecule has 6 heteroatoms. The Morgan fingerprint density at radius 2 is 1.75 bits per heavy atom. The van der Waals surface area contributed by atoms with Crippen LogP contribution in [0.25, 0.3) is 0 Å². The minimum Gasteiger partial charge on any atom is -0.496 e. The van der Waals surface area contributed by atoms with Gasteiger partial charge in [0, 0.05) is 12.1 Å². The molecule has 3 N–H and O–H groups in total. The summed E-state index contributed by atoms with van der Waals surface area (Å²) >= 11 is 0. The highest BCUT2D eigenvalue weighted by Crippen LogP contribution is 2.35. The molecule has 2 rings (SSSR count). The van der Waals surface area contributed by atoms with Crippen molar-refractivity contribution in [1.29, 1.82) is 0 Å². The highest BCUT2D eigenvalue weighted by Gasteiger charge is 2.45. The van der Waals surface area contributed by atoms with Gasteiger partial charge in [0.2, 0.25) is 5.91 Å². The Hall–Kier alpha value is -1.95. The number of carbonyl (C=O) groups is 1. The highest BCUT2D eigenvalue weighted by molar-refractivity contribution is 5.89. The first-order chi connectivity index (χ1) is 9.54. The third kappa shape index (κ3) is 2.80. The Morgan fingerprint density at radius 3 is 2.15 bits per heavy atom. The number of hydrogen-bond acceptors (Lipinski definition) is 5. The molecule has 0 aliphatic heterocycles. The average molecular weight is 280 g/mol. The first kappa shape index (κ1) is 14.5. The van der Waals surface area contributed by atoms with E-state index in [9.17, 15) is 4.79 Å². The van der Waals surface area contributed by atoms with Crippen LogP contribution in [0.15, 0.2) is 12.1 Å². The predicted octanol–water partition coefficient (Wildman–Crippen LogP) is 0.820. The van der Waals surface area contributed by atoms with E-state index in [0.29, 0.717) is 23.8 Å². The number of rotatable bonds is 6. The molecular weight excluding hydrogens is 260 g/mol. The predicted molar refractivity (Wildman–Crippen MR) is 74.1 cm³/mol. The number of benzene rings is 1. The van der Waals surface area contributed by atoms with Crippen LogP contribution in [0.3, 0.4) is 0 Å². The number of nitrogens with two attached hydrogens (primary N) is 1. The highest BCUT2D eigenvalue weighted by atomic mass is 16.5. The van der Waals surface area contributed by atoms with Gasteiger partial charge in [0.15, 0.2) is 0 Å². The van der Waals surface area contributed by atoms with E-state index in [0.717, 1.165) is 18.4 Å². The van der Waals surface area contributed by atoms with Crippen LogP contribution in [0.4, 0.5) is 0 Å². The molecule has 1 amide bonds. The Labute approximate surface area is 118 Å². The maximum atomic E-state index is 11.9. The average Bonchev–Trinajstić information content (AvgIpc) is 3.22. The lowest BCUT2D eigenvalue weighted by Crippen LogP contribution is -2.42. The Balaban J connectivity index is 2.18. The fourth-order valence-corrected chi connectivity index (χ4v) is 1.96. The minimum absolute atomic E-state index is 0.141. The topological polar surface area (TPSA) is 82.8 Å². The van der Waals surface area contributed by atoms with Crippen LogP contribution < -0.4 is 25.3 Å².